The zero-order valence-electron chi connectivity index (χ0n) is 9.20. The maximum Gasteiger partial charge on any atom is 0.281 e. The van der Waals surface area contributed by atoms with E-state index in [2.05, 4.69) is 5.43 Å². The molecule has 0 radical (unpaired) electrons. The molecule has 0 aliphatic carbocycles. The van der Waals surface area contributed by atoms with Gasteiger partial charge in [0.2, 0.25) is 6.21 Å². The van der Waals surface area contributed by atoms with Crippen LogP contribution in [0.5, 0.6) is 0 Å². The van der Waals surface area contributed by atoms with E-state index in [4.69, 9.17) is 4.42 Å². The Kier molecular flexibility index (Phi) is 2.14. The molecule has 1 aliphatic rings. The lowest BCUT2D eigenvalue weighted by Gasteiger charge is -2.08. The first-order valence-corrected chi connectivity index (χ1v) is 4.97. The van der Waals surface area contributed by atoms with E-state index in [-0.39, 0.29) is 11.4 Å². The van der Waals surface area contributed by atoms with Crippen molar-refractivity contribution < 1.29 is 13.9 Å². The maximum atomic E-state index is 11.3. The van der Waals surface area contributed by atoms with Crippen LogP contribution in [0, 0.1) is 6.92 Å². The quantitative estimate of drug-likeness (QED) is 0.704. The van der Waals surface area contributed by atoms with Gasteiger partial charge in [-0.15, -0.1) is 10.1 Å². The first kappa shape index (κ1) is 9.96. The lowest BCUT2D eigenvalue weighted by molar-refractivity contribution is -0.621. The zero-order valence-corrected chi connectivity index (χ0v) is 9.20. The minimum absolute atomic E-state index is 0.0412. The van der Waals surface area contributed by atoms with Crippen LogP contribution in [-0.4, -0.2) is 22.3 Å². The fourth-order valence-corrected chi connectivity index (χ4v) is 1.66. The van der Waals surface area contributed by atoms with E-state index in [9.17, 15) is 4.79 Å². The highest BCUT2D eigenvalue weighted by Crippen LogP contribution is 2.18. The topological polar surface area (TPSA) is 45.2 Å². The number of amides is 1. The molecule has 1 fully saturated rings. The monoisotopic (exact) mass is 207 g/mol. The number of carbonyl (C=O) groups is 1. The van der Waals surface area contributed by atoms with E-state index in [1.807, 2.05) is 39.1 Å². The van der Waals surface area contributed by atoms with Crippen molar-refractivity contribution >= 4 is 12.1 Å². The third-order valence-electron chi connectivity index (χ3n) is 2.51. The highest BCUT2D eigenvalue weighted by atomic mass is 16.3. The Morgan fingerprint density at radius 1 is 1.53 bits per heavy atom. The van der Waals surface area contributed by atoms with Crippen molar-refractivity contribution in [2.75, 3.05) is 0 Å². The van der Waals surface area contributed by atoms with Gasteiger partial charge >= 0.3 is 0 Å². The average Bonchev–Trinajstić information content (AvgIpc) is 2.58. The number of furan rings is 1. The molecule has 15 heavy (non-hydrogen) atoms. The van der Waals surface area contributed by atoms with Crippen LogP contribution in [0.2, 0.25) is 0 Å². The second-order valence-corrected chi connectivity index (χ2v) is 4.47. The molecule has 2 rings (SSSR count). The molecule has 0 saturated carbocycles. The average molecular weight is 207 g/mol. The Hall–Kier alpha value is -1.58. The maximum absolute atomic E-state index is 11.3. The number of hydrogen-bond donors (Lipinski definition) is 1. The fourth-order valence-electron chi connectivity index (χ4n) is 1.66. The number of carbonyl (C=O) groups excluding carboxylic acids is 1. The molecule has 0 atom stereocenters. The summed E-state index contributed by atoms with van der Waals surface area (Å²) < 4.78 is 7.22. The van der Waals surface area contributed by atoms with Gasteiger partial charge in [0.25, 0.3) is 5.91 Å². The minimum Gasteiger partial charge on any atom is -0.456 e. The van der Waals surface area contributed by atoms with Gasteiger partial charge in [-0.1, -0.05) is 0 Å². The van der Waals surface area contributed by atoms with Gasteiger partial charge in [-0.05, 0) is 19.1 Å². The molecular weight excluding hydrogens is 192 g/mol. The van der Waals surface area contributed by atoms with Crippen molar-refractivity contribution in [3.63, 3.8) is 0 Å². The van der Waals surface area contributed by atoms with Gasteiger partial charge in [-0.3, -0.25) is 4.79 Å². The SMILES string of the molecule is Cc1ccc(/C=[N+]2\NC(=O)CC2(C)C)o1. The van der Waals surface area contributed by atoms with Crippen LogP contribution < -0.4 is 5.43 Å². The van der Waals surface area contributed by atoms with Crippen LogP contribution in [-0.2, 0) is 4.79 Å². The summed E-state index contributed by atoms with van der Waals surface area (Å²) in [4.78, 5) is 11.3. The predicted octanol–water partition coefficient (Wildman–Crippen LogP) is 1.23. The van der Waals surface area contributed by atoms with E-state index >= 15 is 0 Å². The summed E-state index contributed by atoms with van der Waals surface area (Å²) in [6.07, 6.45) is 2.32. The standard InChI is InChI=1S/C11H14N2O2/c1-8-4-5-9(15-8)7-13-11(2,3)6-10(14)12-13/h4-5,7H,6H2,1-3H3/p+1/b13-7-. The van der Waals surface area contributed by atoms with Crippen LogP contribution in [0.3, 0.4) is 0 Å². The van der Waals surface area contributed by atoms with Gasteiger partial charge in [0.1, 0.15) is 5.76 Å². The molecule has 4 nitrogen and oxygen atoms in total. The first-order valence-electron chi connectivity index (χ1n) is 4.97. The number of hydrogen-bond acceptors (Lipinski definition) is 2. The molecule has 4 heteroatoms. The molecule has 2 heterocycles. The number of hydrazone groups is 1. The van der Waals surface area contributed by atoms with Crippen LogP contribution in [0.25, 0.3) is 0 Å². The Bertz CT molecular complexity index is 430. The molecule has 1 N–H and O–H groups in total. The Balaban J connectivity index is 2.31. The molecular formula is C11H15N2O2+. The third kappa shape index (κ3) is 1.93. The second-order valence-electron chi connectivity index (χ2n) is 4.47. The Morgan fingerprint density at radius 3 is 2.73 bits per heavy atom. The van der Waals surface area contributed by atoms with Crippen LogP contribution in [0.4, 0.5) is 0 Å². The van der Waals surface area contributed by atoms with Crippen molar-refractivity contribution in [3.05, 3.63) is 23.7 Å². The van der Waals surface area contributed by atoms with Crippen molar-refractivity contribution in [3.8, 4) is 0 Å². The lowest BCUT2D eigenvalue weighted by Crippen LogP contribution is -2.36. The van der Waals surface area contributed by atoms with E-state index in [1.165, 1.54) is 0 Å². The van der Waals surface area contributed by atoms with E-state index in [0.29, 0.717) is 6.42 Å². The highest BCUT2D eigenvalue weighted by Gasteiger charge is 2.42. The first-order chi connectivity index (χ1) is 6.97. The summed E-state index contributed by atoms with van der Waals surface area (Å²) in [6, 6.07) is 3.78. The van der Waals surface area contributed by atoms with Gasteiger partial charge in [0.15, 0.2) is 11.3 Å². The molecule has 0 aromatic carbocycles. The number of nitrogens with one attached hydrogen (secondary N) is 1. The molecule has 1 amide bonds. The Labute approximate surface area is 88.6 Å². The summed E-state index contributed by atoms with van der Waals surface area (Å²) in [5.41, 5.74) is 2.58. The molecule has 0 spiro atoms. The van der Waals surface area contributed by atoms with Gasteiger partial charge in [-0.25, -0.2) is 0 Å². The van der Waals surface area contributed by atoms with Crippen LogP contribution in [0.1, 0.15) is 31.8 Å². The number of hydrazine groups is 1. The molecule has 1 aliphatic heterocycles. The second kappa shape index (κ2) is 3.22. The summed E-state index contributed by atoms with van der Waals surface area (Å²) >= 11 is 0. The molecule has 1 aromatic heterocycles. The molecule has 0 bridgehead atoms. The number of nitrogens with zero attached hydrogens (tertiary/aromatic N) is 1. The van der Waals surface area contributed by atoms with E-state index < -0.39 is 0 Å². The minimum atomic E-state index is -0.197. The van der Waals surface area contributed by atoms with Crippen LogP contribution >= 0.6 is 0 Å². The number of aryl methyl sites for hydroxylation is 1. The van der Waals surface area contributed by atoms with Gasteiger partial charge in [-0.2, -0.15) is 0 Å². The normalized spacial score (nSPS) is 22.1. The highest BCUT2D eigenvalue weighted by molar-refractivity contribution is 5.79. The molecule has 0 unspecified atom stereocenters. The largest absolute Gasteiger partial charge is 0.456 e. The number of rotatable bonds is 1. The summed E-state index contributed by atoms with van der Waals surface area (Å²) in [5, 5.41) is 0. The summed E-state index contributed by atoms with van der Waals surface area (Å²) in [6.45, 7) is 5.92. The predicted molar refractivity (Wildman–Crippen MR) is 55.7 cm³/mol. The Morgan fingerprint density at radius 2 is 2.27 bits per heavy atom. The summed E-state index contributed by atoms with van der Waals surface area (Å²) in [5.74, 6) is 1.66. The third-order valence-corrected chi connectivity index (χ3v) is 2.51. The molecule has 1 aromatic rings. The van der Waals surface area contributed by atoms with Crippen molar-refractivity contribution in [2.45, 2.75) is 32.7 Å². The van der Waals surface area contributed by atoms with Crippen LogP contribution in [0.15, 0.2) is 16.5 Å². The van der Waals surface area contributed by atoms with Crippen molar-refractivity contribution in [1.82, 2.24) is 5.43 Å². The van der Waals surface area contributed by atoms with Gasteiger partial charge in [0, 0.05) is 13.8 Å². The van der Waals surface area contributed by atoms with Crippen molar-refractivity contribution in [1.29, 1.82) is 0 Å². The van der Waals surface area contributed by atoms with E-state index in [1.54, 1.807) is 4.68 Å². The van der Waals surface area contributed by atoms with Gasteiger partial charge in [0.05, 0.1) is 6.42 Å². The fraction of sp³-hybridized carbons (Fsp3) is 0.455. The molecule has 1 saturated heterocycles. The lowest BCUT2D eigenvalue weighted by atomic mass is 10.0. The molecule has 80 valence electrons. The zero-order chi connectivity index (χ0) is 11.1. The summed E-state index contributed by atoms with van der Waals surface area (Å²) in [7, 11) is 0. The van der Waals surface area contributed by atoms with E-state index in [0.717, 1.165) is 11.5 Å². The van der Waals surface area contributed by atoms with Crippen molar-refractivity contribution in [2.24, 2.45) is 0 Å². The smallest absolute Gasteiger partial charge is 0.281 e. The van der Waals surface area contributed by atoms with Gasteiger partial charge < -0.3 is 4.42 Å².